The minimum absolute atomic E-state index is 0.285. The fourth-order valence-corrected chi connectivity index (χ4v) is 6.10. The SMILES string of the molecule is CS(=O)(=O)N1CCc2c(c(-c3cccc(CCc4cccc(O)c4)c3)nn2CCCN2CCOCC2)C1. The van der Waals surface area contributed by atoms with Crippen LogP contribution in [0.1, 0.15) is 28.8 Å². The van der Waals surface area contributed by atoms with Gasteiger partial charge < -0.3 is 9.84 Å². The molecule has 1 saturated heterocycles. The van der Waals surface area contributed by atoms with Crippen LogP contribution in [-0.4, -0.2) is 78.2 Å². The number of hydrogen-bond donors (Lipinski definition) is 1. The largest absolute Gasteiger partial charge is 0.508 e. The van der Waals surface area contributed by atoms with Gasteiger partial charge in [-0.2, -0.15) is 9.40 Å². The number of hydrogen-bond acceptors (Lipinski definition) is 6. The number of aryl methyl sites for hydroxylation is 3. The van der Waals surface area contributed by atoms with Crippen molar-refractivity contribution in [2.24, 2.45) is 0 Å². The second-order valence-corrected chi connectivity index (χ2v) is 12.0. The number of rotatable bonds is 9. The molecule has 3 heterocycles. The van der Waals surface area contributed by atoms with Gasteiger partial charge in [-0.1, -0.05) is 30.3 Å². The minimum atomic E-state index is -3.28. The first kappa shape index (κ1) is 25.9. The predicted octanol–water partition coefficient (Wildman–Crippen LogP) is 3.08. The molecule has 0 bridgehead atoms. The second-order valence-electron chi connectivity index (χ2n) is 10.0. The lowest BCUT2D eigenvalue weighted by Gasteiger charge is -2.27. The van der Waals surface area contributed by atoms with E-state index < -0.39 is 10.0 Å². The van der Waals surface area contributed by atoms with Gasteiger partial charge in [-0.05, 0) is 48.6 Å². The lowest BCUT2D eigenvalue weighted by molar-refractivity contribution is 0.0368. The summed E-state index contributed by atoms with van der Waals surface area (Å²) in [5, 5.41) is 14.8. The molecule has 0 amide bonds. The highest BCUT2D eigenvalue weighted by atomic mass is 32.2. The van der Waals surface area contributed by atoms with Crippen LogP contribution in [0.5, 0.6) is 5.75 Å². The Bertz CT molecular complexity index is 1330. The van der Waals surface area contributed by atoms with Crippen LogP contribution < -0.4 is 0 Å². The van der Waals surface area contributed by atoms with E-state index in [4.69, 9.17) is 9.84 Å². The summed E-state index contributed by atoms with van der Waals surface area (Å²) < 4.78 is 33.9. The molecule has 2 aliphatic rings. The number of benzene rings is 2. The van der Waals surface area contributed by atoms with Crippen LogP contribution in [0.25, 0.3) is 11.3 Å². The Hall–Kier alpha value is -2.72. The van der Waals surface area contributed by atoms with Crippen LogP contribution in [0.3, 0.4) is 0 Å². The van der Waals surface area contributed by atoms with Crippen LogP contribution in [-0.2, 0) is 47.1 Å². The summed E-state index contributed by atoms with van der Waals surface area (Å²) in [6, 6.07) is 15.8. The third kappa shape index (κ3) is 6.41. The molecule has 198 valence electrons. The standard InChI is InChI=1S/C28H36N4O4S/c1-37(34,35)31-14-11-27-26(21-31)28(29-32(27)13-4-12-30-15-17-36-18-16-30)24-7-2-5-22(19-24)9-10-23-6-3-8-25(33)20-23/h2-3,5-8,19-20,33H,4,9-18,21H2,1H3. The summed E-state index contributed by atoms with van der Waals surface area (Å²) in [7, 11) is -3.28. The van der Waals surface area contributed by atoms with Gasteiger partial charge in [0.25, 0.3) is 0 Å². The second kappa shape index (κ2) is 11.3. The monoisotopic (exact) mass is 524 g/mol. The van der Waals surface area contributed by atoms with E-state index in [0.29, 0.717) is 19.5 Å². The number of nitrogens with zero attached hydrogens (tertiary/aromatic N) is 4. The molecule has 0 atom stereocenters. The molecule has 0 radical (unpaired) electrons. The molecule has 5 rings (SSSR count). The highest BCUT2D eigenvalue weighted by Crippen LogP contribution is 2.32. The molecule has 8 nitrogen and oxygen atoms in total. The summed E-state index contributed by atoms with van der Waals surface area (Å²) in [5.41, 5.74) is 6.36. The third-order valence-electron chi connectivity index (χ3n) is 7.33. The maximum absolute atomic E-state index is 12.4. The van der Waals surface area contributed by atoms with Crippen molar-refractivity contribution in [1.82, 2.24) is 19.0 Å². The van der Waals surface area contributed by atoms with Crippen molar-refractivity contribution in [2.75, 3.05) is 45.6 Å². The smallest absolute Gasteiger partial charge is 0.211 e. The highest BCUT2D eigenvalue weighted by molar-refractivity contribution is 7.88. The molecule has 0 spiro atoms. The van der Waals surface area contributed by atoms with E-state index in [1.807, 2.05) is 18.2 Å². The van der Waals surface area contributed by atoms with Gasteiger partial charge in [0.15, 0.2) is 0 Å². The molecule has 0 saturated carbocycles. The predicted molar refractivity (Wildman–Crippen MR) is 144 cm³/mol. The first-order chi connectivity index (χ1) is 17.9. The molecule has 2 aromatic carbocycles. The minimum Gasteiger partial charge on any atom is -0.508 e. The first-order valence-electron chi connectivity index (χ1n) is 13.1. The quantitative estimate of drug-likeness (QED) is 0.463. The Morgan fingerprint density at radius 3 is 2.43 bits per heavy atom. The fourth-order valence-electron chi connectivity index (χ4n) is 5.31. The zero-order valence-electron chi connectivity index (χ0n) is 21.5. The van der Waals surface area contributed by atoms with Crippen molar-refractivity contribution in [2.45, 2.75) is 38.8 Å². The maximum atomic E-state index is 12.4. The van der Waals surface area contributed by atoms with E-state index in [1.165, 1.54) is 11.8 Å². The molecule has 1 aromatic heterocycles. The van der Waals surface area contributed by atoms with Gasteiger partial charge in [0.2, 0.25) is 10.0 Å². The Balaban J connectivity index is 1.37. The molecular formula is C28H36N4O4S. The lowest BCUT2D eigenvalue weighted by atomic mass is 9.98. The average Bonchev–Trinajstić information content (AvgIpc) is 3.26. The van der Waals surface area contributed by atoms with Crippen molar-refractivity contribution in [3.05, 3.63) is 70.9 Å². The Morgan fingerprint density at radius 1 is 0.973 bits per heavy atom. The van der Waals surface area contributed by atoms with Crippen molar-refractivity contribution in [1.29, 1.82) is 0 Å². The van der Waals surface area contributed by atoms with Gasteiger partial charge in [-0.25, -0.2) is 8.42 Å². The van der Waals surface area contributed by atoms with Gasteiger partial charge in [0.05, 0.1) is 25.2 Å². The van der Waals surface area contributed by atoms with Crippen LogP contribution >= 0.6 is 0 Å². The zero-order chi connectivity index (χ0) is 25.8. The van der Waals surface area contributed by atoms with Gasteiger partial charge >= 0.3 is 0 Å². The lowest BCUT2D eigenvalue weighted by Crippen LogP contribution is -2.37. The average molecular weight is 525 g/mol. The Morgan fingerprint density at radius 2 is 1.70 bits per heavy atom. The number of fused-ring (bicyclic) bond motifs is 1. The van der Waals surface area contributed by atoms with E-state index in [1.54, 1.807) is 16.4 Å². The molecule has 1 fully saturated rings. The number of aromatic nitrogens is 2. The van der Waals surface area contributed by atoms with Crippen LogP contribution in [0.15, 0.2) is 48.5 Å². The number of morpholine rings is 1. The van der Waals surface area contributed by atoms with E-state index in [2.05, 4.69) is 27.8 Å². The van der Waals surface area contributed by atoms with Gasteiger partial charge in [0, 0.05) is 62.5 Å². The Labute approximate surface area is 219 Å². The van der Waals surface area contributed by atoms with E-state index in [9.17, 15) is 13.5 Å². The molecule has 1 N–H and O–H groups in total. The molecule has 2 aliphatic heterocycles. The van der Waals surface area contributed by atoms with E-state index in [0.717, 1.165) is 86.7 Å². The Kier molecular flexibility index (Phi) is 7.95. The molecule has 3 aromatic rings. The summed E-state index contributed by atoms with van der Waals surface area (Å²) in [6.07, 6.45) is 4.62. The molecule has 0 unspecified atom stereocenters. The molecule has 9 heteroatoms. The van der Waals surface area contributed by atoms with E-state index >= 15 is 0 Å². The number of sulfonamides is 1. The first-order valence-corrected chi connectivity index (χ1v) is 14.9. The third-order valence-corrected chi connectivity index (χ3v) is 8.58. The topological polar surface area (TPSA) is 87.9 Å². The molecular weight excluding hydrogens is 488 g/mol. The summed E-state index contributed by atoms with van der Waals surface area (Å²) in [6.45, 7) is 6.21. The summed E-state index contributed by atoms with van der Waals surface area (Å²) in [5.74, 6) is 0.285. The van der Waals surface area contributed by atoms with Gasteiger partial charge in [-0.3, -0.25) is 9.58 Å². The van der Waals surface area contributed by atoms with Crippen LogP contribution in [0, 0.1) is 0 Å². The normalized spacial score (nSPS) is 17.1. The summed E-state index contributed by atoms with van der Waals surface area (Å²) in [4.78, 5) is 2.43. The number of phenolic OH excluding ortho intramolecular Hbond substituents is 1. The number of aromatic hydroxyl groups is 1. The van der Waals surface area contributed by atoms with Gasteiger partial charge in [0.1, 0.15) is 5.75 Å². The highest BCUT2D eigenvalue weighted by Gasteiger charge is 2.29. The molecule has 0 aliphatic carbocycles. The number of ether oxygens (including phenoxy) is 1. The maximum Gasteiger partial charge on any atom is 0.211 e. The van der Waals surface area contributed by atoms with Crippen LogP contribution in [0.2, 0.25) is 0 Å². The van der Waals surface area contributed by atoms with Crippen LogP contribution in [0.4, 0.5) is 0 Å². The van der Waals surface area contributed by atoms with Crippen molar-refractivity contribution >= 4 is 10.0 Å². The zero-order valence-corrected chi connectivity index (χ0v) is 22.3. The van der Waals surface area contributed by atoms with Crippen molar-refractivity contribution < 1.29 is 18.3 Å². The van der Waals surface area contributed by atoms with Crippen molar-refractivity contribution in [3.8, 4) is 17.0 Å². The fraction of sp³-hybridized carbons (Fsp3) is 0.464. The van der Waals surface area contributed by atoms with E-state index in [-0.39, 0.29) is 5.75 Å². The summed E-state index contributed by atoms with van der Waals surface area (Å²) >= 11 is 0. The number of phenols is 1. The van der Waals surface area contributed by atoms with Crippen molar-refractivity contribution in [3.63, 3.8) is 0 Å². The molecule has 37 heavy (non-hydrogen) atoms. The van der Waals surface area contributed by atoms with Gasteiger partial charge in [-0.15, -0.1) is 0 Å².